The minimum absolute atomic E-state index is 0.242. The van der Waals surface area contributed by atoms with Crippen molar-refractivity contribution >= 4 is 33.5 Å². The Hall–Kier alpha value is -1.20. The Morgan fingerprint density at radius 1 is 1.11 bits per heavy atom. The molecule has 3 rings (SSSR count). The largest absolute Gasteiger partial charge is 0.341 e. The van der Waals surface area contributed by atoms with Crippen molar-refractivity contribution in [2.45, 2.75) is 12.8 Å². The van der Waals surface area contributed by atoms with Crippen LogP contribution in [0.3, 0.4) is 0 Å². The van der Waals surface area contributed by atoms with Gasteiger partial charge in [-0.1, -0.05) is 28.1 Å². The Bertz CT molecular complexity index is 599. The molecule has 2 aromatic rings. The molecule has 0 atom stereocenters. The lowest BCUT2D eigenvalue weighted by atomic mass is 10.2. The number of nitrogens with zero attached hydrogens (tertiary/aromatic N) is 4. The third-order valence-electron chi connectivity index (χ3n) is 3.07. The monoisotopic (exact) mass is 338 g/mol. The molecule has 2 heterocycles. The van der Waals surface area contributed by atoms with Crippen molar-refractivity contribution in [1.82, 2.24) is 15.0 Å². The Balaban J connectivity index is 2.01. The van der Waals surface area contributed by atoms with Crippen molar-refractivity contribution in [3.8, 4) is 11.4 Å². The van der Waals surface area contributed by atoms with Crippen LogP contribution in [0, 0.1) is 0 Å². The molecule has 0 spiro atoms. The molecule has 6 heteroatoms. The normalized spacial score (nSPS) is 14.9. The van der Waals surface area contributed by atoms with E-state index in [0.29, 0.717) is 11.8 Å². The van der Waals surface area contributed by atoms with Crippen LogP contribution in [0.5, 0.6) is 0 Å². The second-order valence-electron chi connectivity index (χ2n) is 4.43. The van der Waals surface area contributed by atoms with Crippen LogP contribution >= 0.6 is 27.5 Å². The number of aromatic nitrogens is 3. The van der Waals surface area contributed by atoms with Gasteiger partial charge in [-0.05, 0) is 36.6 Å². The van der Waals surface area contributed by atoms with Gasteiger partial charge >= 0.3 is 0 Å². The highest BCUT2D eigenvalue weighted by Gasteiger charge is 2.17. The van der Waals surface area contributed by atoms with Gasteiger partial charge in [0.2, 0.25) is 11.2 Å². The summed E-state index contributed by atoms with van der Waals surface area (Å²) in [6.07, 6.45) is 2.35. The van der Waals surface area contributed by atoms with Gasteiger partial charge in [0, 0.05) is 23.1 Å². The van der Waals surface area contributed by atoms with Crippen molar-refractivity contribution in [2.75, 3.05) is 18.0 Å². The topological polar surface area (TPSA) is 41.9 Å². The molecule has 1 aliphatic rings. The van der Waals surface area contributed by atoms with E-state index in [1.165, 1.54) is 12.8 Å². The maximum absolute atomic E-state index is 6.02. The van der Waals surface area contributed by atoms with E-state index in [4.69, 9.17) is 11.6 Å². The summed E-state index contributed by atoms with van der Waals surface area (Å²) in [6, 6.07) is 7.85. The van der Waals surface area contributed by atoms with Gasteiger partial charge in [-0.3, -0.25) is 0 Å². The summed E-state index contributed by atoms with van der Waals surface area (Å²) in [6.45, 7) is 1.97. The van der Waals surface area contributed by atoms with E-state index in [0.717, 1.165) is 23.1 Å². The van der Waals surface area contributed by atoms with Crippen molar-refractivity contribution < 1.29 is 0 Å². The van der Waals surface area contributed by atoms with E-state index in [1.54, 1.807) is 0 Å². The average molecular weight is 340 g/mol. The molecule has 1 aromatic heterocycles. The minimum atomic E-state index is 0.242. The molecule has 0 N–H and O–H groups in total. The molecule has 98 valence electrons. The second kappa shape index (κ2) is 5.43. The lowest BCUT2D eigenvalue weighted by Gasteiger charge is -2.15. The van der Waals surface area contributed by atoms with Crippen molar-refractivity contribution in [3.05, 3.63) is 34.0 Å². The highest BCUT2D eigenvalue weighted by Crippen LogP contribution is 2.24. The van der Waals surface area contributed by atoms with Crippen LogP contribution in [0.1, 0.15) is 12.8 Å². The van der Waals surface area contributed by atoms with Gasteiger partial charge < -0.3 is 4.90 Å². The van der Waals surface area contributed by atoms with Crippen molar-refractivity contribution in [3.63, 3.8) is 0 Å². The molecule has 1 fully saturated rings. The second-order valence-corrected chi connectivity index (χ2v) is 5.69. The highest BCUT2D eigenvalue weighted by atomic mass is 79.9. The fourth-order valence-electron chi connectivity index (χ4n) is 2.15. The van der Waals surface area contributed by atoms with Crippen LogP contribution in [0.2, 0.25) is 5.28 Å². The number of hydrogen-bond donors (Lipinski definition) is 0. The Morgan fingerprint density at radius 2 is 1.89 bits per heavy atom. The maximum Gasteiger partial charge on any atom is 0.230 e. The molecule has 19 heavy (non-hydrogen) atoms. The van der Waals surface area contributed by atoms with Crippen LogP contribution in [0.4, 0.5) is 5.95 Å². The lowest BCUT2D eigenvalue weighted by Crippen LogP contribution is -2.21. The fraction of sp³-hybridized carbons (Fsp3) is 0.308. The predicted molar refractivity (Wildman–Crippen MR) is 79.4 cm³/mol. The fourth-order valence-corrected chi connectivity index (χ4v) is 2.71. The summed E-state index contributed by atoms with van der Waals surface area (Å²) < 4.78 is 0.990. The number of hydrogen-bond acceptors (Lipinski definition) is 4. The summed E-state index contributed by atoms with van der Waals surface area (Å²) in [5.74, 6) is 1.29. The molecule has 1 aromatic carbocycles. The van der Waals surface area contributed by atoms with Crippen LogP contribution in [-0.4, -0.2) is 28.0 Å². The predicted octanol–water partition coefficient (Wildman–Crippen LogP) is 3.55. The first-order valence-electron chi connectivity index (χ1n) is 6.15. The van der Waals surface area contributed by atoms with E-state index in [-0.39, 0.29) is 5.28 Å². The van der Waals surface area contributed by atoms with Gasteiger partial charge in [0.25, 0.3) is 0 Å². The van der Waals surface area contributed by atoms with E-state index in [9.17, 15) is 0 Å². The van der Waals surface area contributed by atoms with Crippen molar-refractivity contribution in [1.29, 1.82) is 0 Å². The molecule has 0 saturated carbocycles. The zero-order chi connectivity index (χ0) is 13.2. The van der Waals surface area contributed by atoms with E-state index >= 15 is 0 Å². The minimum Gasteiger partial charge on any atom is -0.341 e. The van der Waals surface area contributed by atoms with Crippen LogP contribution in [0.25, 0.3) is 11.4 Å². The molecule has 1 aliphatic heterocycles. The SMILES string of the molecule is Clc1nc(-c2cccc(Br)c2)nc(N2CCCC2)n1. The number of benzene rings is 1. The maximum atomic E-state index is 6.02. The molecule has 0 amide bonds. The standard InChI is InChI=1S/C13H12BrClN4/c14-10-5-3-4-9(8-10)11-16-12(15)18-13(17-11)19-6-1-2-7-19/h3-5,8H,1-2,6-7H2. The summed E-state index contributed by atoms with van der Waals surface area (Å²) in [4.78, 5) is 15.1. The smallest absolute Gasteiger partial charge is 0.230 e. The Morgan fingerprint density at radius 3 is 2.63 bits per heavy atom. The van der Waals surface area contributed by atoms with E-state index in [2.05, 4.69) is 35.8 Å². The Labute approximate surface area is 125 Å². The number of anilines is 1. The van der Waals surface area contributed by atoms with Gasteiger partial charge in [-0.2, -0.15) is 15.0 Å². The first kappa shape index (κ1) is 12.8. The van der Waals surface area contributed by atoms with Gasteiger partial charge in [0.05, 0.1) is 0 Å². The van der Waals surface area contributed by atoms with Gasteiger partial charge in [0.1, 0.15) is 0 Å². The van der Waals surface area contributed by atoms with Gasteiger partial charge in [-0.25, -0.2) is 0 Å². The zero-order valence-corrected chi connectivity index (χ0v) is 12.5. The first-order chi connectivity index (χ1) is 9.22. The van der Waals surface area contributed by atoms with E-state index < -0.39 is 0 Å². The molecule has 0 unspecified atom stereocenters. The number of rotatable bonds is 2. The zero-order valence-electron chi connectivity index (χ0n) is 10.2. The summed E-state index contributed by atoms with van der Waals surface area (Å²) >= 11 is 9.47. The molecule has 4 nitrogen and oxygen atoms in total. The van der Waals surface area contributed by atoms with Crippen molar-refractivity contribution in [2.24, 2.45) is 0 Å². The molecular weight excluding hydrogens is 328 g/mol. The van der Waals surface area contributed by atoms with Crippen LogP contribution < -0.4 is 4.90 Å². The molecule has 0 bridgehead atoms. The third-order valence-corrected chi connectivity index (χ3v) is 3.73. The summed E-state index contributed by atoms with van der Waals surface area (Å²) in [7, 11) is 0. The summed E-state index contributed by atoms with van der Waals surface area (Å²) in [5.41, 5.74) is 0.930. The van der Waals surface area contributed by atoms with Gasteiger partial charge in [-0.15, -0.1) is 0 Å². The van der Waals surface area contributed by atoms with Crippen LogP contribution in [-0.2, 0) is 0 Å². The lowest BCUT2D eigenvalue weighted by molar-refractivity contribution is 0.883. The quantitative estimate of drug-likeness (QED) is 0.839. The average Bonchev–Trinajstić information content (AvgIpc) is 2.92. The molecular formula is C13H12BrClN4. The molecule has 0 aliphatic carbocycles. The Kier molecular flexibility index (Phi) is 3.66. The number of halogens is 2. The first-order valence-corrected chi connectivity index (χ1v) is 7.32. The van der Waals surface area contributed by atoms with Crippen LogP contribution in [0.15, 0.2) is 28.7 Å². The highest BCUT2D eigenvalue weighted by molar-refractivity contribution is 9.10. The van der Waals surface area contributed by atoms with E-state index in [1.807, 2.05) is 24.3 Å². The molecule has 1 saturated heterocycles. The molecule has 0 radical (unpaired) electrons. The third kappa shape index (κ3) is 2.87. The summed E-state index contributed by atoms with van der Waals surface area (Å²) in [5, 5.41) is 0.242. The van der Waals surface area contributed by atoms with Gasteiger partial charge in [0.15, 0.2) is 5.82 Å².